The number of hydrogen-bond donors (Lipinski definition) is 0. The van der Waals surface area contributed by atoms with Crippen LogP contribution < -0.4 is 14.5 Å². The SMILES string of the molecule is CC(C)(C)c1ccnc(-n2c3cc(Oc4cccc(N5CN(c6cccc(C(C)(C)c7ccccc7)c6)c6ccccc65)c4)ccc3c3ccc(C(C)(C)C)cc32)c1. The summed E-state index contributed by atoms with van der Waals surface area (Å²) >= 11 is 0. The molecule has 0 amide bonds. The third-order valence-electron chi connectivity index (χ3n) is 11.9. The van der Waals surface area contributed by atoms with E-state index in [2.05, 4.69) is 215 Å². The first-order valence-corrected chi connectivity index (χ1v) is 20.4. The fraction of sp³-hybridized carbons (Fsp3) is 0.226. The van der Waals surface area contributed by atoms with Crippen molar-refractivity contribution in [2.24, 2.45) is 0 Å². The van der Waals surface area contributed by atoms with Gasteiger partial charge in [0.25, 0.3) is 0 Å². The van der Waals surface area contributed by atoms with Crippen LogP contribution in [-0.4, -0.2) is 16.2 Å². The Hall–Kier alpha value is -6.33. The van der Waals surface area contributed by atoms with E-state index in [0.717, 1.165) is 39.7 Å². The second kappa shape index (κ2) is 13.9. The molecule has 0 atom stereocenters. The summed E-state index contributed by atoms with van der Waals surface area (Å²) in [5.41, 5.74) is 11.8. The third kappa shape index (κ3) is 6.68. The molecule has 0 saturated carbocycles. The zero-order valence-electron chi connectivity index (χ0n) is 34.9. The lowest BCUT2D eigenvalue weighted by atomic mass is 9.78. The predicted molar refractivity (Wildman–Crippen MR) is 243 cm³/mol. The first-order valence-electron chi connectivity index (χ1n) is 20.4. The lowest BCUT2D eigenvalue weighted by Crippen LogP contribution is -2.25. The molecule has 9 rings (SSSR count). The topological polar surface area (TPSA) is 33.5 Å². The van der Waals surface area contributed by atoms with Crippen molar-refractivity contribution in [2.45, 2.75) is 71.6 Å². The maximum absolute atomic E-state index is 6.75. The molecule has 1 aliphatic rings. The molecule has 1 aliphatic heterocycles. The molecule has 5 heteroatoms. The Balaban J connectivity index is 1.07. The minimum atomic E-state index is -0.137. The number of fused-ring (bicyclic) bond motifs is 4. The van der Waals surface area contributed by atoms with Crippen molar-refractivity contribution in [3.63, 3.8) is 0 Å². The van der Waals surface area contributed by atoms with Crippen molar-refractivity contribution in [1.29, 1.82) is 0 Å². The highest BCUT2D eigenvalue weighted by atomic mass is 16.5. The van der Waals surface area contributed by atoms with Crippen LogP contribution in [0.1, 0.15) is 77.6 Å². The van der Waals surface area contributed by atoms with Gasteiger partial charge in [-0.3, -0.25) is 4.57 Å². The number of anilines is 4. The van der Waals surface area contributed by atoms with E-state index >= 15 is 0 Å². The Morgan fingerprint density at radius 3 is 1.72 bits per heavy atom. The van der Waals surface area contributed by atoms with Gasteiger partial charge in [-0.05, 0) is 99.8 Å². The molecule has 0 fully saturated rings. The normalized spacial score (nSPS) is 13.4. The van der Waals surface area contributed by atoms with E-state index in [1.807, 2.05) is 12.3 Å². The highest BCUT2D eigenvalue weighted by Gasteiger charge is 2.30. The third-order valence-corrected chi connectivity index (χ3v) is 11.9. The van der Waals surface area contributed by atoms with Crippen LogP contribution in [0.25, 0.3) is 27.6 Å². The lowest BCUT2D eigenvalue weighted by molar-refractivity contribution is 0.483. The summed E-state index contributed by atoms with van der Waals surface area (Å²) in [6.45, 7) is 18.8. The Bertz CT molecular complexity index is 2800. The Labute approximate surface area is 343 Å². The Morgan fingerprint density at radius 1 is 0.466 bits per heavy atom. The summed E-state index contributed by atoms with van der Waals surface area (Å²) in [5, 5.41) is 2.37. The van der Waals surface area contributed by atoms with E-state index in [-0.39, 0.29) is 16.2 Å². The summed E-state index contributed by atoms with van der Waals surface area (Å²) in [7, 11) is 0. The maximum Gasteiger partial charge on any atom is 0.137 e. The number of rotatable bonds is 7. The minimum absolute atomic E-state index is 0.00561. The van der Waals surface area contributed by atoms with Crippen molar-refractivity contribution >= 4 is 44.6 Å². The summed E-state index contributed by atoms with van der Waals surface area (Å²) in [6.07, 6.45) is 1.94. The molecular formula is C53H52N4O. The van der Waals surface area contributed by atoms with Crippen LogP contribution in [-0.2, 0) is 16.2 Å². The molecule has 2 aromatic heterocycles. The van der Waals surface area contributed by atoms with Gasteiger partial charge in [0.15, 0.2) is 0 Å². The van der Waals surface area contributed by atoms with Crippen LogP contribution in [0.5, 0.6) is 11.5 Å². The average Bonchev–Trinajstić information content (AvgIpc) is 3.76. The molecule has 0 aliphatic carbocycles. The number of hydrogen-bond acceptors (Lipinski definition) is 4. The first-order chi connectivity index (χ1) is 27.8. The highest BCUT2D eigenvalue weighted by molar-refractivity contribution is 6.09. The van der Waals surface area contributed by atoms with Gasteiger partial charge in [-0.25, -0.2) is 4.98 Å². The second-order valence-corrected chi connectivity index (χ2v) is 18.3. The quantitative estimate of drug-likeness (QED) is 0.162. The van der Waals surface area contributed by atoms with E-state index < -0.39 is 0 Å². The van der Waals surface area contributed by atoms with Crippen LogP contribution in [0.4, 0.5) is 22.7 Å². The molecule has 0 N–H and O–H groups in total. The van der Waals surface area contributed by atoms with Crippen molar-refractivity contribution < 1.29 is 4.74 Å². The summed E-state index contributed by atoms with van der Waals surface area (Å²) in [5.74, 6) is 2.46. The molecule has 0 radical (unpaired) electrons. The van der Waals surface area contributed by atoms with E-state index in [0.29, 0.717) is 6.67 Å². The number of pyridine rings is 1. The van der Waals surface area contributed by atoms with E-state index in [4.69, 9.17) is 9.72 Å². The van der Waals surface area contributed by atoms with Crippen LogP contribution >= 0.6 is 0 Å². The molecule has 5 nitrogen and oxygen atoms in total. The van der Waals surface area contributed by atoms with Crippen molar-refractivity contribution in [1.82, 2.24) is 9.55 Å². The summed E-state index contributed by atoms with van der Waals surface area (Å²) in [4.78, 5) is 9.73. The zero-order chi connectivity index (χ0) is 40.4. The van der Waals surface area contributed by atoms with Gasteiger partial charge < -0.3 is 14.5 Å². The molecule has 8 aromatic rings. The van der Waals surface area contributed by atoms with Crippen LogP contribution in [0.2, 0.25) is 0 Å². The molecule has 0 spiro atoms. The van der Waals surface area contributed by atoms with Crippen molar-refractivity contribution in [3.05, 3.63) is 180 Å². The monoisotopic (exact) mass is 760 g/mol. The second-order valence-electron chi connectivity index (χ2n) is 18.3. The molecule has 3 heterocycles. The van der Waals surface area contributed by atoms with Gasteiger partial charge in [0.2, 0.25) is 0 Å². The largest absolute Gasteiger partial charge is 0.457 e. The minimum Gasteiger partial charge on any atom is -0.457 e. The number of nitrogens with zero attached hydrogens (tertiary/aromatic N) is 4. The molecule has 0 unspecified atom stereocenters. The average molecular weight is 761 g/mol. The van der Waals surface area contributed by atoms with E-state index in [9.17, 15) is 0 Å². The zero-order valence-corrected chi connectivity index (χ0v) is 34.9. The highest BCUT2D eigenvalue weighted by Crippen LogP contribution is 2.46. The van der Waals surface area contributed by atoms with Gasteiger partial charge in [0.05, 0.1) is 22.4 Å². The lowest BCUT2D eigenvalue weighted by Gasteiger charge is -2.28. The van der Waals surface area contributed by atoms with E-state index in [1.165, 1.54) is 44.4 Å². The Morgan fingerprint density at radius 2 is 1.03 bits per heavy atom. The fourth-order valence-corrected chi connectivity index (χ4v) is 8.37. The van der Waals surface area contributed by atoms with Gasteiger partial charge in [0.1, 0.15) is 24.0 Å². The predicted octanol–water partition coefficient (Wildman–Crippen LogP) is 14.1. The van der Waals surface area contributed by atoms with Gasteiger partial charge >= 0.3 is 0 Å². The van der Waals surface area contributed by atoms with Crippen molar-refractivity contribution in [2.75, 3.05) is 16.5 Å². The van der Waals surface area contributed by atoms with Gasteiger partial charge in [0, 0.05) is 45.9 Å². The summed E-state index contributed by atoms with van der Waals surface area (Å²) in [6, 6.07) is 54.6. The standard InChI is InChI=1S/C53H52N4O/c1-51(2,3)37-24-26-44-45-27-25-43(34-49(45)57(48(44)31-37)50-32-38(28-29-54-50)52(4,5)6)58-42-21-15-20-41(33-42)56-35-55(46-22-12-13-23-47(46)56)40-19-14-18-39(30-40)53(7,8)36-16-10-9-11-17-36/h9-34H,35H2,1-8H3. The van der Waals surface area contributed by atoms with Gasteiger partial charge in [-0.15, -0.1) is 0 Å². The maximum atomic E-state index is 6.75. The molecule has 290 valence electrons. The summed E-state index contributed by atoms with van der Waals surface area (Å²) < 4.78 is 9.06. The van der Waals surface area contributed by atoms with E-state index in [1.54, 1.807) is 0 Å². The molecule has 0 saturated heterocycles. The van der Waals surface area contributed by atoms with Crippen molar-refractivity contribution in [3.8, 4) is 17.3 Å². The smallest absolute Gasteiger partial charge is 0.137 e. The molecular weight excluding hydrogens is 709 g/mol. The number of benzene rings is 6. The van der Waals surface area contributed by atoms with Crippen LogP contribution in [0.15, 0.2) is 158 Å². The number of para-hydroxylation sites is 2. The number of aromatic nitrogens is 2. The Kier molecular flexibility index (Phi) is 8.96. The number of ether oxygens (including phenoxy) is 1. The fourth-order valence-electron chi connectivity index (χ4n) is 8.37. The molecule has 6 aromatic carbocycles. The van der Waals surface area contributed by atoms with Crippen LogP contribution in [0.3, 0.4) is 0 Å². The van der Waals surface area contributed by atoms with Gasteiger partial charge in [-0.1, -0.05) is 128 Å². The first kappa shape index (κ1) is 37.3. The van der Waals surface area contributed by atoms with Crippen LogP contribution in [0, 0.1) is 0 Å². The van der Waals surface area contributed by atoms with Gasteiger partial charge in [-0.2, -0.15) is 0 Å². The molecule has 58 heavy (non-hydrogen) atoms. The molecule has 0 bridgehead atoms.